The first-order valence-electron chi connectivity index (χ1n) is 11.5. The van der Waals surface area contributed by atoms with Gasteiger partial charge in [0.05, 0.1) is 36.3 Å². The van der Waals surface area contributed by atoms with E-state index in [4.69, 9.17) is 0 Å². The molecule has 1 aromatic carbocycles. The maximum Gasteiger partial charge on any atom is 0.307 e. The average Bonchev–Trinajstić information content (AvgIpc) is 2.71. The second kappa shape index (κ2) is 8.40. The van der Waals surface area contributed by atoms with Crippen molar-refractivity contribution in [2.45, 2.75) is 66.3 Å². The minimum Gasteiger partial charge on any atom is -0.481 e. The highest BCUT2D eigenvalue weighted by Gasteiger charge is 2.40. The number of nitrogens with zero attached hydrogens (tertiary/aromatic N) is 2. The Morgan fingerprint density at radius 3 is 2.46 bits per heavy atom. The van der Waals surface area contributed by atoms with E-state index in [9.17, 15) is 22.7 Å². The normalized spacial score (nSPS) is 19.4. The molecule has 0 unspecified atom stereocenters. The monoisotopic (exact) mass is 504 g/mol. The Hall–Kier alpha value is -2.81. The van der Waals surface area contributed by atoms with E-state index in [-0.39, 0.29) is 24.1 Å². The van der Waals surface area contributed by atoms with Crippen LogP contribution in [0.4, 0.5) is 14.5 Å². The molecule has 35 heavy (non-hydrogen) atoms. The van der Waals surface area contributed by atoms with Crippen LogP contribution in [0.3, 0.4) is 0 Å². The summed E-state index contributed by atoms with van der Waals surface area (Å²) in [6.45, 7) is 9.04. The lowest BCUT2D eigenvalue weighted by Gasteiger charge is -2.40. The molecule has 2 aliphatic rings. The summed E-state index contributed by atoms with van der Waals surface area (Å²) in [4.78, 5) is 16.2. The maximum absolute atomic E-state index is 15.5. The fourth-order valence-corrected chi connectivity index (χ4v) is 6.87. The number of fused-ring (bicyclic) bond motifs is 3. The van der Waals surface area contributed by atoms with E-state index in [1.165, 1.54) is 10.4 Å². The third kappa shape index (κ3) is 4.24. The first kappa shape index (κ1) is 25.3. The van der Waals surface area contributed by atoms with Gasteiger partial charge < -0.3 is 5.11 Å². The second-order valence-corrected chi connectivity index (χ2v) is 12.3. The highest BCUT2D eigenvalue weighted by molar-refractivity contribution is 7.92. The average molecular weight is 505 g/mol. The van der Waals surface area contributed by atoms with E-state index in [1.807, 2.05) is 13.8 Å². The van der Waals surface area contributed by atoms with Gasteiger partial charge in [0.2, 0.25) is 10.0 Å². The molecular formula is C26H30F2N2O4S. The quantitative estimate of drug-likeness (QED) is 0.563. The molecule has 6 nitrogen and oxygen atoms in total. The van der Waals surface area contributed by atoms with Crippen LogP contribution < -0.4 is 4.31 Å². The minimum atomic E-state index is -3.84. The number of anilines is 1. The van der Waals surface area contributed by atoms with Gasteiger partial charge in [-0.25, -0.2) is 17.2 Å². The fraction of sp³-hybridized carbons (Fsp3) is 0.462. The number of carboxylic acids is 1. The van der Waals surface area contributed by atoms with Crippen molar-refractivity contribution in [3.63, 3.8) is 0 Å². The molecule has 0 spiro atoms. The summed E-state index contributed by atoms with van der Waals surface area (Å²) in [6, 6.07) is 0.514. The molecule has 9 heteroatoms. The highest BCUT2D eigenvalue weighted by atomic mass is 32.2. The van der Waals surface area contributed by atoms with Crippen LogP contribution in [0.5, 0.6) is 0 Å². The van der Waals surface area contributed by atoms with Crippen molar-refractivity contribution in [3.05, 3.63) is 51.7 Å². The Morgan fingerprint density at radius 2 is 1.89 bits per heavy atom. The van der Waals surface area contributed by atoms with E-state index in [0.717, 1.165) is 18.9 Å². The van der Waals surface area contributed by atoms with Crippen LogP contribution in [0.25, 0.3) is 16.8 Å². The largest absolute Gasteiger partial charge is 0.481 e. The number of allylic oxidation sites excluding steroid dienone is 2. The Labute approximate surface area is 204 Å². The topological polar surface area (TPSA) is 87.6 Å². The molecule has 2 heterocycles. The van der Waals surface area contributed by atoms with E-state index in [1.54, 1.807) is 20.8 Å². The van der Waals surface area contributed by atoms with Crippen LogP contribution in [-0.4, -0.2) is 30.7 Å². The molecule has 188 valence electrons. The standard InChI is InChI=1S/C26H30F2N2O4S/c1-13-18(10-21(31)32)22(17-7-8-26(4,5)11-20(17)28)14(2)23-24-19(9-16(27)12-29-24)15(3)30(25(13)23)35(6,33)34/h9,12,15H,7-8,10-11H2,1-6H3,(H,31,32)/t15-/m0/s1. The van der Waals surface area contributed by atoms with Crippen molar-refractivity contribution < 1.29 is 27.1 Å². The number of halogens is 2. The summed E-state index contributed by atoms with van der Waals surface area (Å²) in [5, 5.41) is 9.73. The number of pyridine rings is 1. The molecule has 0 saturated heterocycles. The van der Waals surface area contributed by atoms with Gasteiger partial charge in [-0.05, 0) is 72.9 Å². The molecule has 1 atom stereocenters. The highest BCUT2D eigenvalue weighted by Crippen LogP contribution is 2.53. The molecule has 0 radical (unpaired) electrons. The molecule has 4 rings (SSSR count). The van der Waals surface area contributed by atoms with Gasteiger partial charge in [-0.1, -0.05) is 13.8 Å². The van der Waals surface area contributed by atoms with Crippen molar-refractivity contribution in [1.29, 1.82) is 0 Å². The molecule has 2 aromatic rings. The number of carbonyl (C=O) groups is 1. The molecular weight excluding hydrogens is 474 g/mol. The smallest absolute Gasteiger partial charge is 0.307 e. The molecule has 0 fully saturated rings. The van der Waals surface area contributed by atoms with Gasteiger partial charge in [-0.2, -0.15) is 0 Å². The Morgan fingerprint density at radius 1 is 1.23 bits per heavy atom. The summed E-state index contributed by atoms with van der Waals surface area (Å²) >= 11 is 0. The number of sulfonamides is 1. The summed E-state index contributed by atoms with van der Waals surface area (Å²) < 4.78 is 56.9. The number of carboxylic acid groups (broad SMARTS) is 1. The Balaban J connectivity index is 2.17. The van der Waals surface area contributed by atoms with Crippen LogP contribution in [0, 0.1) is 25.1 Å². The van der Waals surface area contributed by atoms with Gasteiger partial charge in [0.1, 0.15) is 11.6 Å². The zero-order valence-electron chi connectivity index (χ0n) is 20.8. The lowest BCUT2D eigenvalue weighted by atomic mass is 9.73. The van der Waals surface area contributed by atoms with Gasteiger partial charge in [0.15, 0.2) is 0 Å². The van der Waals surface area contributed by atoms with Gasteiger partial charge in [-0.15, -0.1) is 0 Å². The number of rotatable bonds is 4. The maximum atomic E-state index is 15.5. The number of hydrogen-bond acceptors (Lipinski definition) is 4. The number of hydrogen-bond donors (Lipinski definition) is 1. The van der Waals surface area contributed by atoms with Crippen molar-refractivity contribution in [2.24, 2.45) is 5.41 Å². The van der Waals surface area contributed by atoms with E-state index < -0.39 is 27.9 Å². The van der Waals surface area contributed by atoms with Crippen molar-refractivity contribution in [3.8, 4) is 11.3 Å². The van der Waals surface area contributed by atoms with Crippen LogP contribution in [0.15, 0.2) is 18.1 Å². The predicted octanol–water partition coefficient (Wildman–Crippen LogP) is 5.86. The summed E-state index contributed by atoms with van der Waals surface area (Å²) in [5.74, 6) is -1.97. The Bertz CT molecular complexity index is 1400. The zero-order valence-corrected chi connectivity index (χ0v) is 21.6. The molecule has 1 aliphatic carbocycles. The number of aliphatic carboxylic acids is 1. The minimum absolute atomic E-state index is 0.216. The molecule has 0 saturated carbocycles. The van der Waals surface area contributed by atoms with E-state index in [0.29, 0.717) is 56.8 Å². The van der Waals surface area contributed by atoms with Crippen LogP contribution in [0.2, 0.25) is 0 Å². The molecule has 0 amide bonds. The Kier molecular flexibility index (Phi) is 6.07. The predicted molar refractivity (Wildman–Crippen MR) is 132 cm³/mol. The lowest BCUT2D eigenvalue weighted by Crippen LogP contribution is -2.37. The molecule has 1 aliphatic heterocycles. The lowest BCUT2D eigenvalue weighted by molar-refractivity contribution is -0.136. The first-order valence-corrected chi connectivity index (χ1v) is 13.4. The molecule has 1 aromatic heterocycles. The van der Waals surface area contributed by atoms with Gasteiger partial charge in [0.25, 0.3) is 0 Å². The van der Waals surface area contributed by atoms with Crippen molar-refractivity contribution in [1.82, 2.24) is 4.98 Å². The molecule has 0 bridgehead atoms. The molecule has 1 N–H and O–H groups in total. The van der Waals surface area contributed by atoms with Gasteiger partial charge in [-0.3, -0.25) is 14.1 Å². The zero-order chi connectivity index (χ0) is 26.0. The third-order valence-corrected chi connectivity index (χ3v) is 8.45. The SMILES string of the molecule is Cc1c(C2=C(F)CC(C)(C)CC2)c(CC(=O)O)c(C)c2c1-c1ncc(F)cc1[C@H](C)N2S(C)(=O)=O. The number of aromatic nitrogens is 1. The van der Waals surface area contributed by atoms with Gasteiger partial charge >= 0.3 is 5.97 Å². The van der Waals surface area contributed by atoms with Crippen LogP contribution in [0.1, 0.15) is 73.9 Å². The number of benzene rings is 1. The van der Waals surface area contributed by atoms with Crippen LogP contribution in [-0.2, 0) is 21.2 Å². The summed E-state index contributed by atoms with van der Waals surface area (Å²) in [6.07, 6.45) is 3.15. The first-order chi connectivity index (χ1) is 16.1. The van der Waals surface area contributed by atoms with Crippen molar-refractivity contribution in [2.75, 3.05) is 10.6 Å². The summed E-state index contributed by atoms with van der Waals surface area (Å²) in [7, 11) is -3.84. The fourth-order valence-electron chi connectivity index (χ4n) is 5.62. The van der Waals surface area contributed by atoms with E-state index in [2.05, 4.69) is 4.98 Å². The van der Waals surface area contributed by atoms with E-state index >= 15 is 4.39 Å². The van der Waals surface area contributed by atoms with Crippen molar-refractivity contribution >= 4 is 27.3 Å². The second-order valence-electron chi connectivity index (χ2n) is 10.4. The third-order valence-electron chi connectivity index (χ3n) is 7.24. The van der Waals surface area contributed by atoms with Crippen LogP contribution >= 0.6 is 0 Å². The van der Waals surface area contributed by atoms with Gasteiger partial charge in [0, 0.05) is 17.5 Å². The summed E-state index contributed by atoms with van der Waals surface area (Å²) in [5.41, 5.74) is 3.74.